The molecule has 1 aromatic rings. The van der Waals surface area contributed by atoms with Crippen LogP contribution in [0.2, 0.25) is 0 Å². The molecule has 1 aliphatic heterocycles. The third kappa shape index (κ3) is 4.00. The summed E-state index contributed by atoms with van der Waals surface area (Å²) in [5.41, 5.74) is 2.74. The van der Waals surface area contributed by atoms with Crippen LogP contribution in [0.4, 0.5) is 4.79 Å². The number of likely N-dealkylation sites (N-methyl/N-ethyl adjacent to an activating group) is 1. The van der Waals surface area contributed by atoms with E-state index in [1.165, 1.54) is 20.9 Å². The highest BCUT2D eigenvalue weighted by Crippen LogP contribution is 2.30. The van der Waals surface area contributed by atoms with E-state index in [9.17, 15) is 14.4 Å². The molecular formula is C19H25N3O3. The number of hydrogen-bond donors (Lipinski definition) is 1. The van der Waals surface area contributed by atoms with Gasteiger partial charge in [0.05, 0.1) is 0 Å². The van der Waals surface area contributed by atoms with Crippen LogP contribution in [-0.4, -0.2) is 54.3 Å². The third-order valence-corrected chi connectivity index (χ3v) is 5.06. The Morgan fingerprint density at radius 2 is 2.08 bits per heavy atom. The molecule has 4 amide bonds. The number of imide groups is 1. The molecule has 1 saturated heterocycles. The molecule has 6 heteroatoms. The number of fused-ring (bicyclic) bond motifs is 1. The van der Waals surface area contributed by atoms with E-state index >= 15 is 0 Å². The van der Waals surface area contributed by atoms with Crippen molar-refractivity contribution in [3.05, 3.63) is 35.4 Å². The van der Waals surface area contributed by atoms with E-state index in [0.29, 0.717) is 31.8 Å². The second kappa shape index (κ2) is 7.68. The zero-order valence-electron chi connectivity index (χ0n) is 14.7. The first-order valence-corrected chi connectivity index (χ1v) is 8.96. The molecule has 0 spiro atoms. The van der Waals surface area contributed by atoms with Crippen molar-refractivity contribution >= 4 is 17.8 Å². The minimum atomic E-state index is -0.274. The quantitative estimate of drug-likeness (QED) is 0.802. The Balaban J connectivity index is 1.42. The second-order valence-electron chi connectivity index (χ2n) is 6.88. The van der Waals surface area contributed by atoms with Crippen molar-refractivity contribution in [1.29, 1.82) is 0 Å². The van der Waals surface area contributed by atoms with Crippen LogP contribution in [0.1, 0.15) is 42.7 Å². The largest absolute Gasteiger partial charge is 0.355 e. The fraction of sp³-hybridized carbons (Fsp3) is 0.526. The number of carbonyl (C=O) groups is 3. The molecule has 0 saturated carbocycles. The van der Waals surface area contributed by atoms with Gasteiger partial charge < -0.3 is 10.2 Å². The van der Waals surface area contributed by atoms with Crippen molar-refractivity contribution in [2.75, 3.05) is 26.7 Å². The van der Waals surface area contributed by atoms with Gasteiger partial charge in [0.25, 0.3) is 0 Å². The van der Waals surface area contributed by atoms with E-state index in [2.05, 4.69) is 29.6 Å². The van der Waals surface area contributed by atoms with Gasteiger partial charge in [0.2, 0.25) is 11.8 Å². The maximum Gasteiger partial charge on any atom is 0.326 e. The Morgan fingerprint density at radius 1 is 1.28 bits per heavy atom. The summed E-state index contributed by atoms with van der Waals surface area (Å²) in [5.74, 6) is 0.173. The van der Waals surface area contributed by atoms with Gasteiger partial charge in [-0.1, -0.05) is 24.3 Å². The average Bonchev–Trinajstić information content (AvgIpc) is 2.86. The maximum atomic E-state index is 12.1. The predicted molar refractivity (Wildman–Crippen MR) is 94.1 cm³/mol. The number of rotatable bonds is 6. The van der Waals surface area contributed by atoms with E-state index in [0.717, 1.165) is 19.3 Å². The summed E-state index contributed by atoms with van der Waals surface area (Å²) < 4.78 is 0. The molecule has 1 heterocycles. The summed E-state index contributed by atoms with van der Waals surface area (Å²) in [6.07, 6.45) is 4.20. The minimum Gasteiger partial charge on any atom is -0.355 e. The van der Waals surface area contributed by atoms with Crippen LogP contribution in [0.3, 0.4) is 0 Å². The van der Waals surface area contributed by atoms with Gasteiger partial charge in [-0.15, -0.1) is 0 Å². The molecule has 1 N–H and O–H groups in total. The van der Waals surface area contributed by atoms with Crippen molar-refractivity contribution in [2.24, 2.45) is 0 Å². The molecule has 0 radical (unpaired) electrons. The van der Waals surface area contributed by atoms with Gasteiger partial charge in [0, 0.05) is 32.5 Å². The Kier molecular flexibility index (Phi) is 5.36. The lowest BCUT2D eigenvalue weighted by Gasteiger charge is -2.25. The Hall–Kier alpha value is -2.37. The predicted octanol–water partition coefficient (Wildman–Crippen LogP) is 1.90. The molecule has 1 aromatic carbocycles. The zero-order chi connectivity index (χ0) is 17.8. The van der Waals surface area contributed by atoms with Crippen LogP contribution in [0, 0.1) is 0 Å². The standard InChI is InChI=1S/C19H25N3O3/c1-21-13-18(24)22(19(21)25)11-5-10-17(23)20-12-15-8-4-7-14-6-2-3-9-16(14)15/h2-3,6,9,15H,4-5,7-8,10-13H2,1H3,(H,20,23). The molecule has 3 rings (SSSR count). The monoisotopic (exact) mass is 343 g/mol. The molecule has 2 aliphatic rings. The van der Waals surface area contributed by atoms with Gasteiger partial charge in [-0.05, 0) is 36.8 Å². The lowest BCUT2D eigenvalue weighted by Crippen LogP contribution is -2.34. The fourth-order valence-corrected chi connectivity index (χ4v) is 3.68. The summed E-state index contributed by atoms with van der Waals surface area (Å²) >= 11 is 0. The lowest BCUT2D eigenvalue weighted by molar-refractivity contribution is -0.126. The highest BCUT2D eigenvalue weighted by molar-refractivity contribution is 6.01. The molecule has 6 nitrogen and oxygen atoms in total. The molecule has 1 atom stereocenters. The van der Waals surface area contributed by atoms with Gasteiger partial charge in [-0.2, -0.15) is 0 Å². The van der Waals surface area contributed by atoms with Crippen LogP contribution in [-0.2, 0) is 16.0 Å². The van der Waals surface area contributed by atoms with Crippen LogP contribution in [0.25, 0.3) is 0 Å². The lowest BCUT2D eigenvalue weighted by atomic mass is 9.83. The molecule has 25 heavy (non-hydrogen) atoms. The van der Waals surface area contributed by atoms with Gasteiger partial charge in [-0.25, -0.2) is 4.79 Å². The molecule has 1 unspecified atom stereocenters. The molecular weight excluding hydrogens is 318 g/mol. The van der Waals surface area contributed by atoms with Gasteiger partial charge in [0.1, 0.15) is 6.54 Å². The number of nitrogens with zero attached hydrogens (tertiary/aromatic N) is 2. The van der Waals surface area contributed by atoms with Crippen LogP contribution in [0.15, 0.2) is 24.3 Å². The van der Waals surface area contributed by atoms with E-state index in [1.807, 2.05) is 0 Å². The summed E-state index contributed by atoms with van der Waals surface area (Å²) in [4.78, 5) is 38.2. The minimum absolute atomic E-state index is 0.0181. The smallest absolute Gasteiger partial charge is 0.326 e. The summed E-state index contributed by atoms with van der Waals surface area (Å²) in [7, 11) is 1.61. The molecule has 0 aromatic heterocycles. The van der Waals surface area contributed by atoms with Gasteiger partial charge in [-0.3, -0.25) is 14.5 Å². The Labute approximate surface area is 148 Å². The number of amides is 4. The van der Waals surface area contributed by atoms with Gasteiger partial charge >= 0.3 is 6.03 Å². The van der Waals surface area contributed by atoms with E-state index in [1.54, 1.807) is 7.05 Å². The van der Waals surface area contributed by atoms with E-state index in [4.69, 9.17) is 0 Å². The van der Waals surface area contributed by atoms with Crippen molar-refractivity contribution in [1.82, 2.24) is 15.1 Å². The SMILES string of the molecule is CN1CC(=O)N(CCCC(=O)NCC2CCCc3ccccc32)C1=O. The summed E-state index contributed by atoms with van der Waals surface area (Å²) in [6.45, 7) is 1.09. The first-order valence-electron chi connectivity index (χ1n) is 8.96. The van der Waals surface area contributed by atoms with Crippen molar-refractivity contribution < 1.29 is 14.4 Å². The second-order valence-corrected chi connectivity index (χ2v) is 6.88. The number of urea groups is 1. The van der Waals surface area contributed by atoms with E-state index in [-0.39, 0.29) is 24.4 Å². The topological polar surface area (TPSA) is 69.7 Å². The Morgan fingerprint density at radius 3 is 2.84 bits per heavy atom. The highest BCUT2D eigenvalue weighted by atomic mass is 16.2. The third-order valence-electron chi connectivity index (χ3n) is 5.06. The summed E-state index contributed by atoms with van der Waals surface area (Å²) in [5, 5.41) is 3.01. The fourth-order valence-electron chi connectivity index (χ4n) is 3.68. The molecule has 134 valence electrons. The Bertz CT molecular complexity index is 674. The first-order chi connectivity index (χ1) is 12.1. The molecule has 1 fully saturated rings. The van der Waals surface area contributed by atoms with Crippen molar-refractivity contribution in [2.45, 2.75) is 38.0 Å². The first kappa shape index (κ1) is 17.5. The van der Waals surface area contributed by atoms with Gasteiger partial charge in [0.15, 0.2) is 0 Å². The van der Waals surface area contributed by atoms with Crippen LogP contribution in [0.5, 0.6) is 0 Å². The normalized spacial score (nSPS) is 20.0. The number of benzene rings is 1. The number of aryl methyl sites for hydroxylation is 1. The number of hydrogen-bond acceptors (Lipinski definition) is 3. The van der Waals surface area contributed by atoms with Crippen molar-refractivity contribution in [3.8, 4) is 0 Å². The number of carbonyl (C=O) groups excluding carboxylic acids is 3. The van der Waals surface area contributed by atoms with Crippen LogP contribution < -0.4 is 5.32 Å². The van der Waals surface area contributed by atoms with E-state index < -0.39 is 0 Å². The summed E-state index contributed by atoms with van der Waals surface area (Å²) in [6, 6.07) is 8.18. The molecule has 0 bridgehead atoms. The maximum absolute atomic E-state index is 12.1. The van der Waals surface area contributed by atoms with Crippen LogP contribution >= 0.6 is 0 Å². The van der Waals surface area contributed by atoms with Crippen molar-refractivity contribution in [3.63, 3.8) is 0 Å². The number of nitrogens with one attached hydrogen (secondary N) is 1. The highest BCUT2D eigenvalue weighted by Gasteiger charge is 2.32. The molecule has 1 aliphatic carbocycles. The average molecular weight is 343 g/mol. The zero-order valence-corrected chi connectivity index (χ0v) is 14.7.